The molecule has 0 saturated carbocycles. The summed E-state index contributed by atoms with van der Waals surface area (Å²) in [5.41, 5.74) is 1.44. The van der Waals surface area contributed by atoms with Crippen molar-refractivity contribution in [3.05, 3.63) is 28.8 Å². The third-order valence-electron chi connectivity index (χ3n) is 4.75. The number of ether oxygens (including phenoxy) is 1. The molecule has 1 aromatic rings. The van der Waals surface area contributed by atoms with Gasteiger partial charge in [0.15, 0.2) is 0 Å². The van der Waals surface area contributed by atoms with Crippen LogP contribution in [0.15, 0.2) is 18.2 Å². The van der Waals surface area contributed by atoms with Gasteiger partial charge in [-0.2, -0.15) is 0 Å². The number of methoxy groups -OCH3 is 1. The number of hydrogen-bond donors (Lipinski definition) is 0. The fraction of sp³-hybridized carbons (Fsp3) is 0.650. The highest BCUT2D eigenvalue weighted by Gasteiger charge is 2.22. The molecule has 1 amide bonds. The predicted octanol–water partition coefficient (Wildman–Crippen LogP) is 3.86. The first-order chi connectivity index (χ1) is 11.8. The van der Waals surface area contributed by atoms with E-state index in [1.54, 1.807) is 7.11 Å². The molecule has 1 aromatic carbocycles. The van der Waals surface area contributed by atoms with E-state index in [2.05, 4.69) is 25.7 Å². The fourth-order valence-electron chi connectivity index (χ4n) is 2.99. The molecule has 0 atom stereocenters. The Hall–Kier alpha value is -1.26. The molecule has 4 nitrogen and oxygen atoms in total. The van der Waals surface area contributed by atoms with Gasteiger partial charge in [-0.25, -0.2) is 0 Å². The number of amides is 1. The maximum Gasteiger partial charge on any atom is 0.222 e. The molecule has 25 heavy (non-hydrogen) atoms. The maximum atomic E-state index is 12.5. The number of hydrogen-bond acceptors (Lipinski definition) is 3. The molecule has 140 valence electrons. The van der Waals surface area contributed by atoms with Crippen molar-refractivity contribution < 1.29 is 9.53 Å². The Morgan fingerprint density at radius 2 is 1.88 bits per heavy atom. The van der Waals surface area contributed by atoms with Crippen LogP contribution in [0.4, 0.5) is 0 Å². The summed E-state index contributed by atoms with van der Waals surface area (Å²) in [4.78, 5) is 16.9. The van der Waals surface area contributed by atoms with Crippen LogP contribution in [0.5, 0.6) is 5.75 Å². The summed E-state index contributed by atoms with van der Waals surface area (Å²) in [6, 6.07) is 5.72. The number of aryl methyl sites for hydroxylation is 1. The van der Waals surface area contributed by atoms with Crippen molar-refractivity contribution >= 4 is 17.5 Å². The molecule has 0 aliphatic carbocycles. The smallest absolute Gasteiger partial charge is 0.222 e. The number of rotatable bonds is 6. The van der Waals surface area contributed by atoms with Crippen molar-refractivity contribution in [1.82, 2.24) is 9.80 Å². The second kappa shape index (κ2) is 8.91. The first-order valence-electron chi connectivity index (χ1n) is 9.11. The monoisotopic (exact) mass is 366 g/mol. The SMILES string of the molecule is COc1ccc(CCC(=O)N2CCN(CCC(C)(C)C)CC2)cc1Cl. The zero-order valence-corrected chi connectivity index (χ0v) is 16.7. The van der Waals surface area contributed by atoms with Gasteiger partial charge in [0.2, 0.25) is 5.91 Å². The van der Waals surface area contributed by atoms with E-state index >= 15 is 0 Å². The van der Waals surface area contributed by atoms with E-state index in [0.717, 1.165) is 38.3 Å². The van der Waals surface area contributed by atoms with E-state index < -0.39 is 0 Å². The molecule has 0 aromatic heterocycles. The highest BCUT2D eigenvalue weighted by atomic mass is 35.5. The Balaban J connectivity index is 1.74. The van der Waals surface area contributed by atoms with Crippen LogP contribution >= 0.6 is 11.6 Å². The lowest BCUT2D eigenvalue weighted by molar-refractivity contribution is -0.132. The summed E-state index contributed by atoms with van der Waals surface area (Å²) in [6.07, 6.45) is 2.44. The predicted molar refractivity (Wildman–Crippen MR) is 103 cm³/mol. The van der Waals surface area contributed by atoms with Gasteiger partial charge in [-0.15, -0.1) is 0 Å². The van der Waals surface area contributed by atoms with Gasteiger partial charge in [0.1, 0.15) is 5.75 Å². The zero-order valence-electron chi connectivity index (χ0n) is 16.0. The summed E-state index contributed by atoms with van der Waals surface area (Å²) < 4.78 is 5.16. The van der Waals surface area contributed by atoms with Gasteiger partial charge in [-0.3, -0.25) is 9.69 Å². The molecular formula is C20H31ClN2O2. The lowest BCUT2D eigenvalue weighted by atomic mass is 9.92. The van der Waals surface area contributed by atoms with Crippen molar-refractivity contribution in [3.8, 4) is 5.75 Å². The van der Waals surface area contributed by atoms with Crippen molar-refractivity contribution in [2.24, 2.45) is 5.41 Å². The van der Waals surface area contributed by atoms with Crippen LogP contribution in [0.2, 0.25) is 5.02 Å². The van der Waals surface area contributed by atoms with Crippen LogP contribution in [-0.2, 0) is 11.2 Å². The Bertz CT molecular complexity index is 576. The van der Waals surface area contributed by atoms with E-state index in [-0.39, 0.29) is 5.91 Å². The number of carbonyl (C=O) groups is 1. The third-order valence-corrected chi connectivity index (χ3v) is 5.04. The molecule has 0 unspecified atom stereocenters. The number of piperazine rings is 1. The number of benzene rings is 1. The average Bonchev–Trinajstić information content (AvgIpc) is 2.58. The summed E-state index contributed by atoms with van der Waals surface area (Å²) in [6.45, 7) is 11.6. The van der Waals surface area contributed by atoms with Gasteiger partial charge in [0, 0.05) is 32.6 Å². The van der Waals surface area contributed by atoms with E-state index in [0.29, 0.717) is 29.0 Å². The fourth-order valence-corrected chi connectivity index (χ4v) is 3.27. The molecule has 0 spiro atoms. The number of halogens is 1. The van der Waals surface area contributed by atoms with Gasteiger partial charge in [0.05, 0.1) is 12.1 Å². The highest BCUT2D eigenvalue weighted by Crippen LogP contribution is 2.25. The zero-order chi connectivity index (χ0) is 18.4. The van der Waals surface area contributed by atoms with Gasteiger partial charge in [-0.1, -0.05) is 38.4 Å². The number of nitrogens with zero attached hydrogens (tertiary/aromatic N) is 2. The molecule has 1 fully saturated rings. The van der Waals surface area contributed by atoms with Gasteiger partial charge < -0.3 is 9.64 Å². The molecule has 1 saturated heterocycles. The summed E-state index contributed by atoms with van der Waals surface area (Å²) in [5.74, 6) is 0.908. The molecule has 1 heterocycles. The van der Waals surface area contributed by atoms with Crippen LogP contribution < -0.4 is 4.74 Å². The Morgan fingerprint density at radius 1 is 1.20 bits per heavy atom. The summed E-state index contributed by atoms with van der Waals surface area (Å²) in [7, 11) is 1.60. The van der Waals surface area contributed by atoms with E-state index in [9.17, 15) is 4.79 Å². The first-order valence-corrected chi connectivity index (χ1v) is 9.49. The van der Waals surface area contributed by atoms with E-state index in [4.69, 9.17) is 16.3 Å². The number of carbonyl (C=O) groups excluding carboxylic acids is 1. The lowest BCUT2D eigenvalue weighted by Gasteiger charge is -2.36. The average molecular weight is 367 g/mol. The topological polar surface area (TPSA) is 32.8 Å². The van der Waals surface area contributed by atoms with E-state index in [1.165, 1.54) is 6.42 Å². The van der Waals surface area contributed by atoms with Crippen LogP contribution in [0, 0.1) is 5.41 Å². The normalized spacial score (nSPS) is 16.1. The van der Waals surface area contributed by atoms with Crippen molar-refractivity contribution in [3.63, 3.8) is 0 Å². The van der Waals surface area contributed by atoms with Crippen molar-refractivity contribution in [2.75, 3.05) is 39.8 Å². The summed E-state index contributed by atoms with van der Waals surface area (Å²) in [5, 5.41) is 0.597. The lowest BCUT2D eigenvalue weighted by Crippen LogP contribution is -2.49. The van der Waals surface area contributed by atoms with Gasteiger partial charge in [-0.05, 0) is 42.5 Å². The molecule has 1 aliphatic heterocycles. The first kappa shape index (κ1) is 20.1. The molecule has 0 N–H and O–H groups in total. The quantitative estimate of drug-likeness (QED) is 0.766. The standard InChI is InChI=1S/C20H31ClN2O2/c1-20(2,3)9-10-22-11-13-23(14-12-22)19(24)8-6-16-5-7-18(25-4)17(21)15-16/h5,7,15H,6,8-14H2,1-4H3. The van der Waals surface area contributed by atoms with Gasteiger partial charge >= 0.3 is 0 Å². The second-order valence-corrected chi connectivity index (χ2v) is 8.41. The molecule has 5 heteroatoms. The third kappa shape index (κ3) is 6.52. The van der Waals surface area contributed by atoms with Crippen LogP contribution in [0.3, 0.4) is 0 Å². The molecule has 2 rings (SSSR count). The molecule has 1 aliphatic rings. The van der Waals surface area contributed by atoms with Crippen molar-refractivity contribution in [2.45, 2.75) is 40.0 Å². The van der Waals surface area contributed by atoms with Crippen LogP contribution in [0.25, 0.3) is 0 Å². The Morgan fingerprint density at radius 3 is 2.44 bits per heavy atom. The van der Waals surface area contributed by atoms with Gasteiger partial charge in [0.25, 0.3) is 0 Å². The minimum Gasteiger partial charge on any atom is -0.495 e. The largest absolute Gasteiger partial charge is 0.495 e. The second-order valence-electron chi connectivity index (χ2n) is 8.00. The van der Waals surface area contributed by atoms with Crippen LogP contribution in [-0.4, -0.2) is 55.5 Å². The maximum absolute atomic E-state index is 12.5. The highest BCUT2D eigenvalue weighted by molar-refractivity contribution is 6.32. The minimum absolute atomic E-state index is 0.238. The van der Waals surface area contributed by atoms with Crippen molar-refractivity contribution in [1.29, 1.82) is 0 Å². The summed E-state index contributed by atoms with van der Waals surface area (Å²) >= 11 is 6.15. The molecular weight excluding hydrogens is 336 g/mol. The Labute approximate surface area is 157 Å². The Kier molecular flexibility index (Phi) is 7.14. The molecule has 0 bridgehead atoms. The minimum atomic E-state index is 0.238. The van der Waals surface area contributed by atoms with E-state index in [1.807, 2.05) is 23.1 Å². The van der Waals surface area contributed by atoms with Crippen LogP contribution in [0.1, 0.15) is 39.2 Å². The molecule has 0 radical (unpaired) electrons.